The Morgan fingerprint density at radius 3 is 2.78 bits per heavy atom. The van der Waals surface area contributed by atoms with Crippen LogP contribution in [-0.2, 0) is 19.4 Å². The summed E-state index contributed by atoms with van der Waals surface area (Å²) in [6, 6.07) is 13.9. The van der Waals surface area contributed by atoms with Crippen molar-refractivity contribution in [2.75, 3.05) is 0 Å². The smallest absolute Gasteiger partial charge is 0.171 e. The quantitative estimate of drug-likeness (QED) is 0.681. The molecule has 116 valence electrons. The minimum atomic E-state index is 0.381. The lowest BCUT2D eigenvalue weighted by molar-refractivity contribution is 0.298. The molecule has 0 aliphatic heterocycles. The fourth-order valence-electron chi connectivity index (χ4n) is 3.04. The lowest BCUT2D eigenvalue weighted by atomic mass is 10.2. The number of ether oxygens (including phenoxy) is 1. The number of nitrogens with zero attached hydrogens (tertiary/aromatic N) is 3. The van der Waals surface area contributed by atoms with Gasteiger partial charge in [-0.15, -0.1) is 0 Å². The number of aromatic nitrogens is 3. The zero-order chi connectivity index (χ0) is 15.6. The zero-order valence-electron chi connectivity index (χ0n) is 12.6. The van der Waals surface area contributed by atoms with Crippen LogP contribution < -0.4 is 4.74 Å². The van der Waals surface area contributed by atoms with Crippen molar-refractivity contribution in [1.29, 1.82) is 0 Å². The van der Waals surface area contributed by atoms with Crippen LogP contribution in [0, 0.1) is 0 Å². The van der Waals surface area contributed by atoms with Crippen LogP contribution in [0.2, 0.25) is 5.15 Å². The van der Waals surface area contributed by atoms with E-state index in [9.17, 15) is 0 Å². The lowest BCUT2D eigenvalue weighted by Gasteiger charge is -2.06. The maximum absolute atomic E-state index is 6.05. The van der Waals surface area contributed by atoms with Gasteiger partial charge in [-0.2, -0.15) is 5.10 Å². The molecule has 0 atom stereocenters. The van der Waals surface area contributed by atoms with Crippen LogP contribution in [0.5, 0.6) is 5.75 Å². The van der Waals surface area contributed by atoms with Gasteiger partial charge in [0, 0.05) is 17.5 Å². The van der Waals surface area contributed by atoms with Crippen molar-refractivity contribution in [3.63, 3.8) is 0 Å². The summed E-state index contributed by atoms with van der Waals surface area (Å²) in [4.78, 5) is 4.03. The Balaban J connectivity index is 1.64. The van der Waals surface area contributed by atoms with Crippen LogP contribution in [0.15, 0.2) is 48.7 Å². The van der Waals surface area contributed by atoms with Gasteiger partial charge in [0.25, 0.3) is 0 Å². The van der Waals surface area contributed by atoms with Crippen LogP contribution in [0.3, 0.4) is 0 Å². The third kappa shape index (κ3) is 2.70. The third-order valence-electron chi connectivity index (χ3n) is 4.10. The van der Waals surface area contributed by atoms with Crippen molar-refractivity contribution in [3.8, 4) is 11.4 Å². The fraction of sp³-hybridized carbons (Fsp3) is 0.222. The Bertz CT molecular complexity index is 830. The largest absolute Gasteiger partial charge is 0.484 e. The molecule has 0 fully saturated rings. The topological polar surface area (TPSA) is 39.9 Å². The number of para-hydroxylation sites is 1. The molecule has 2 heterocycles. The van der Waals surface area contributed by atoms with Crippen molar-refractivity contribution in [2.45, 2.75) is 25.9 Å². The summed E-state index contributed by atoms with van der Waals surface area (Å²) in [7, 11) is 0. The summed E-state index contributed by atoms with van der Waals surface area (Å²) in [6.07, 6.45) is 4.93. The van der Waals surface area contributed by atoms with Crippen molar-refractivity contribution in [1.82, 2.24) is 14.8 Å². The lowest BCUT2D eigenvalue weighted by Crippen LogP contribution is -2.03. The summed E-state index contributed by atoms with van der Waals surface area (Å²) in [5, 5.41) is 5.16. The molecule has 1 aliphatic rings. The molecule has 5 heteroatoms. The average molecular weight is 326 g/mol. The molecule has 23 heavy (non-hydrogen) atoms. The van der Waals surface area contributed by atoms with Gasteiger partial charge in [-0.3, -0.25) is 0 Å². The van der Waals surface area contributed by atoms with E-state index >= 15 is 0 Å². The molecule has 0 bridgehead atoms. The first-order valence-electron chi connectivity index (χ1n) is 7.71. The molecule has 0 radical (unpaired) electrons. The molecular weight excluding hydrogens is 310 g/mol. The number of hydrogen-bond donors (Lipinski definition) is 0. The van der Waals surface area contributed by atoms with Gasteiger partial charge in [0.15, 0.2) is 10.9 Å². The zero-order valence-corrected chi connectivity index (χ0v) is 13.3. The molecule has 1 aromatic carbocycles. The van der Waals surface area contributed by atoms with E-state index in [2.05, 4.69) is 17.1 Å². The summed E-state index contributed by atoms with van der Waals surface area (Å²) in [5.41, 5.74) is 4.69. The first kappa shape index (κ1) is 14.3. The predicted octanol–water partition coefficient (Wildman–Crippen LogP) is 3.99. The Morgan fingerprint density at radius 2 is 1.96 bits per heavy atom. The summed E-state index contributed by atoms with van der Waals surface area (Å²) < 4.78 is 7.87. The van der Waals surface area contributed by atoms with Gasteiger partial charge in [-0.25, -0.2) is 9.67 Å². The summed E-state index contributed by atoms with van der Waals surface area (Å²) >= 11 is 6.05. The van der Waals surface area contributed by atoms with Gasteiger partial charge in [0.2, 0.25) is 0 Å². The monoisotopic (exact) mass is 325 g/mol. The number of benzene rings is 1. The minimum Gasteiger partial charge on any atom is -0.484 e. The van der Waals surface area contributed by atoms with Crippen LogP contribution in [0.25, 0.3) is 5.69 Å². The van der Waals surface area contributed by atoms with E-state index < -0.39 is 0 Å². The van der Waals surface area contributed by atoms with E-state index in [1.807, 2.05) is 35.0 Å². The Kier molecular flexibility index (Phi) is 3.75. The van der Waals surface area contributed by atoms with Crippen LogP contribution in [0.1, 0.15) is 23.4 Å². The molecule has 0 spiro atoms. The van der Waals surface area contributed by atoms with Gasteiger partial charge in [-0.1, -0.05) is 29.8 Å². The highest BCUT2D eigenvalue weighted by Gasteiger charge is 2.23. The van der Waals surface area contributed by atoms with Gasteiger partial charge in [0.05, 0.1) is 5.69 Å². The maximum atomic E-state index is 6.05. The molecule has 1 aliphatic carbocycles. The molecule has 2 aromatic heterocycles. The van der Waals surface area contributed by atoms with E-state index in [0.29, 0.717) is 17.5 Å². The van der Waals surface area contributed by atoms with Crippen LogP contribution in [-0.4, -0.2) is 14.8 Å². The van der Waals surface area contributed by atoms with Gasteiger partial charge >= 0.3 is 0 Å². The second-order valence-electron chi connectivity index (χ2n) is 5.55. The number of rotatable bonds is 4. The van der Waals surface area contributed by atoms with Gasteiger partial charge in [-0.05, 0) is 43.5 Å². The molecule has 0 N–H and O–H groups in total. The molecule has 4 nitrogen and oxygen atoms in total. The van der Waals surface area contributed by atoms with Crippen molar-refractivity contribution in [3.05, 3.63) is 70.8 Å². The van der Waals surface area contributed by atoms with Gasteiger partial charge in [0.1, 0.15) is 12.3 Å². The minimum absolute atomic E-state index is 0.381. The second kappa shape index (κ2) is 6.05. The van der Waals surface area contributed by atoms with Crippen molar-refractivity contribution >= 4 is 11.6 Å². The third-order valence-corrected chi connectivity index (χ3v) is 4.39. The average Bonchev–Trinajstić information content (AvgIpc) is 3.18. The second-order valence-corrected chi connectivity index (χ2v) is 5.91. The number of halogens is 1. The predicted molar refractivity (Wildman–Crippen MR) is 89.2 cm³/mol. The molecule has 4 rings (SSSR count). The van der Waals surface area contributed by atoms with Crippen LogP contribution in [0.4, 0.5) is 0 Å². The number of pyridine rings is 1. The fourth-order valence-corrected chi connectivity index (χ4v) is 3.21. The van der Waals surface area contributed by atoms with E-state index in [4.69, 9.17) is 21.4 Å². The van der Waals surface area contributed by atoms with E-state index in [-0.39, 0.29) is 0 Å². The number of hydrogen-bond acceptors (Lipinski definition) is 3. The molecule has 0 saturated heterocycles. The SMILES string of the molecule is Clc1ncccc1OCc1nn(-c2ccccc2)c2c1CCC2. The molecular formula is C18H16ClN3O. The van der Waals surface area contributed by atoms with Crippen molar-refractivity contribution in [2.24, 2.45) is 0 Å². The highest BCUT2D eigenvalue weighted by atomic mass is 35.5. The van der Waals surface area contributed by atoms with E-state index in [0.717, 1.165) is 24.2 Å². The molecule has 3 aromatic rings. The number of fused-ring (bicyclic) bond motifs is 1. The Hall–Kier alpha value is -2.33. The molecule has 0 saturated carbocycles. The summed E-state index contributed by atoms with van der Waals surface area (Å²) in [6.45, 7) is 0.410. The molecule has 0 amide bonds. The van der Waals surface area contributed by atoms with Gasteiger partial charge < -0.3 is 4.74 Å². The van der Waals surface area contributed by atoms with E-state index in [1.165, 1.54) is 17.7 Å². The van der Waals surface area contributed by atoms with Crippen LogP contribution >= 0.6 is 11.6 Å². The maximum Gasteiger partial charge on any atom is 0.171 e. The first-order valence-corrected chi connectivity index (χ1v) is 8.09. The Labute approximate surface area is 139 Å². The van der Waals surface area contributed by atoms with E-state index in [1.54, 1.807) is 6.20 Å². The standard InChI is InChI=1S/C18H16ClN3O/c19-18-17(10-5-11-20-18)23-12-15-14-8-4-9-16(14)22(21-15)13-6-2-1-3-7-13/h1-3,5-7,10-11H,4,8-9,12H2. The highest BCUT2D eigenvalue weighted by molar-refractivity contribution is 6.30. The first-order chi connectivity index (χ1) is 11.3. The Morgan fingerprint density at radius 1 is 1.09 bits per heavy atom. The molecule has 0 unspecified atom stereocenters. The van der Waals surface area contributed by atoms with Crippen molar-refractivity contribution < 1.29 is 4.74 Å². The normalized spacial score (nSPS) is 13.1. The highest BCUT2D eigenvalue weighted by Crippen LogP contribution is 2.29. The summed E-state index contributed by atoms with van der Waals surface area (Å²) in [5.74, 6) is 0.593.